The Morgan fingerprint density at radius 1 is 1.36 bits per heavy atom. The largest absolute Gasteiger partial charge is 0.305 e. The van der Waals surface area contributed by atoms with Crippen molar-refractivity contribution < 1.29 is 0 Å². The van der Waals surface area contributed by atoms with Gasteiger partial charge >= 0.3 is 0 Å². The molecule has 0 atom stereocenters. The highest BCUT2D eigenvalue weighted by Crippen LogP contribution is 2.44. The Hall–Kier alpha value is -0.600. The molecule has 0 spiro atoms. The second kappa shape index (κ2) is 2.94. The molecule has 0 unspecified atom stereocenters. The van der Waals surface area contributed by atoms with E-state index in [2.05, 4.69) is 16.4 Å². The minimum absolute atomic E-state index is 0.224. The minimum Gasteiger partial charge on any atom is -0.305 e. The first-order chi connectivity index (χ1) is 6.78. The number of hydrogen-bond acceptors (Lipinski definition) is 2. The second-order valence-corrected chi connectivity index (χ2v) is 4.76. The smallest absolute Gasteiger partial charge is 0.129 e. The summed E-state index contributed by atoms with van der Waals surface area (Å²) in [7, 11) is 0. The molecule has 0 amide bonds. The molecule has 3 heterocycles. The first-order valence-electron chi connectivity index (χ1n) is 5.18. The number of fused-ring (bicyclic) bond motifs is 2. The maximum Gasteiger partial charge on any atom is 0.129 e. The van der Waals surface area contributed by atoms with Crippen molar-refractivity contribution in [3.8, 4) is 0 Å². The van der Waals surface area contributed by atoms with Gasteiger partial charge in [-0.05, 0) is 37.3 Å². The fourth-order valence-corrected chi connectivity index (χ4v) is 2.93. The van der Waals surface area contributed by atoms with Crippen LogP contribution in [-0.2, 0) is 5.54 Å². The van der Waals surface area contributed by atoms with Gasteiger partial charge in [0.15, 0.2) is 0 Å². The van der Waals surface area contributed by atoms with Crippen LogP contribution < -0.4 is 5.32 Å². The zero-order chi connectivity index (χ0) is 9.60. The van der Waals surface area contributed by atoms with E-state index in [1.807, 2.05) is 12.3 Å². The van der Waals surface area contributed by atoms with E-state index >= 15 is 0 Å². The average molecular weight is 209 g/mol. The lowest BCUT2D eigenvalue weighted by atomic mass is 9.83. The number of nitrogens with one attached hydrogen (secondary N) is 1. The third-order valence-electron chi connectivity index (χ3n) is 3.60. The molecule has 74 valence electrons. The maximum atomic E-state index is 5.79. The monoisotopic (exact) mass is 208 g/mol. The van der Waals surface area contributed by atoms with E-state index in [4.69, 9.17) is 11.6 Å². The van der Waals surface area contributed by atoms with Gasteiger partial charge < -0.3 is 5.32 Å². The topological polar surface area (TPSA) is 24.9 Å². The number of nitrogens with zero attached hydrogens (tertiary/aromatic N) is 1. The average Bonchev–Trinajstić information content (AvgIpc) is 2.79. The van der Waals surface area contributed by atoms with Crippen molar-refractivity contribution in [3.05, 3.63) is 29.0 Å². The van der Waals surface area contributed by atoms with Crippen molar-refractivity contribution in [2.75, 3.05) is 0 Å². The normalized spacial score (nSPS) is 35.1. The third-order valence-corrected chi connectivity index (χ3v) is 3.82. The van der Waals surface area contributed by atoms with Gasteiger partial charge in [0.2, 0.25) is 0 Å². The van der Waals surface area contributed by atoms with Crippen molar-refractivity contribution in [3.63, 3.8) is 0 Å². The van der Waals surface area contributed by atoms with Gasteiger partial charge in [-0.15, -0.1) is 0 Å². The molecule has 0 saturated carbocycles. The van der Waals surface area contributed by atoms with E-state index in [0.717, 1.165) is 6.04 Å². The Morgan fingerprint density at radius 2 is 2.14 bits per heavy atom. The second-order valence-electron chi connectivity index (χ2n) is 4.37. The molecular weight excluding hydrogens is 196 g/mol. The van der Waals surface area contributed by atoms with E-state index < -0.39 is 0 Å². The summed E-state index contributed by atoms with van der Waals surface area (Å²) in [6.07, 6.45) is 7.04. The van der Waals surface area contributed by atoms with Crippen LogP contribution in [0.1, 0.15) is 31.2 Å². The predicted octanol–water partition coefficient (Wildman–Crippen LogP) is 2.48. The van der Waals surface area contributed by atoms with Gasteiger partial charge in [-0.2, -0.15) is 0 Å². The number of rotatable bonds is 1. The van der Waals surface area contributed by atoms with E-state index in [0.29, 0.717) is 5.15 Å². The molecular formula is C11H13ClN2. The Balaban J connectivity index is 1.98. The van der Waals surface area contributed by atoms with E-state index in [1.165, 1.54) is 31.2 Å². The molecule has 1 aromatic rings. The van der Waals surface area contributed by atoms with E-state index in [9.17, 15) is 0 Å². The molecule has 2 bridgehead atoms. The molecule has 14 heavy (non-hydrogen) atoms. The van der Waals surface area contributed by atoms with Crippen LogP contribution in [0.5, 0.6) is 0 Å². The van der Waals surface area contributed by atoms with E-state index in [1.54, 1.807) is 0 Å². The quantitative estimate of drug-likeness (QED) is 0.718. The highest BCUT2D eigenvalue weighted by molar-refractivity contribution is 6.29. The lowest BCUT2D eigenvalue weighted by molar-refractivity contribution is 0.400. The van der Waals surface area contributed by atoms with Gasteiger partial charge in [-0.1, -0.05) is 17.7 Å². The molecule has 0 aromatic carbocycles. The maximum absolute atomic E-state index is 5.79. The van der Waals surface area contributed by atoms with Crippen molar-refractivity contribution in [2.45, 2.75) is 37.3 Å². The summed E-state index contributed by atoms with van der Waals surface area (Å²) in [5.41, 5.74) is 1.53. The lowest BCUT2D eigenvalue weighted by Crippen LogP contribution is -2.33. The molecule has 2 aliphatic heterocycles. The number of aromatic nitrogens is 1. The molecule has 2 fully saturated rings. The summed E-state index contributed by atoms with van der Waals surface area (Å²) >= 11 is 5.79. The van der Waals surface area contributed by atoms with Crippen molar-refractivity contribution >= 4 is 11.6 Å². The summed E-state index contributed by atoms with van der Waals surface area (Å²) in [6.45, 7) is 0. The molecule has 3 heteroatoms. The highest BCUT2D eigenvalue weighted by Gasteiger charge is 2.45. The Bertz CT molecular complexity index is 339. The molecule has 3 rings (SSSR count). The zero-order valence-corrected chi connectivity index (χ0v) is 8.72. The van der Waals surface area contributed by atoms with Crippen LogP contribution in [0.3, 0.4) is 0 Å². The molecule has 1 N–H and O–H groups in total. The van der Waals surface area contributed by atoms with Crippen LogP contribution >= 0.6 is 11.6 Å². The summed E-state index contributed by atoms with van der Waals surface area (Å²) in [5.74, 6) is 0. The SMILES string of the molecule is Clc1ccc(C23CCC(CC2)N3)cn1. The lowest BCUT2D eigenvalue weighted by Gasteiger charge is -2.26. The van der Waals surface area contributed by atoms with Crippen LogP contribution in [0.2, 0.25) is 5.15 Å². The van der Waals surface area contributed by atoms with Gasteiger partial charge in [0, 0.05) is 17.8 Å². The third kappa shape index (κ3) is 1.17. The van der Waals surface area contributed by atoms with Crippen molar-refractivity contribution in [1.82, 2.24) is 10.3 Å². The Kier molecular flexibility index (Phi) is 1.83. The molecule has 2 aliphatic rings. The first-order valence-corrected chi connectivity index (χ1v) is 5.56. The van der Waals surface area contributed by atoms with Crippen LogP contribution in [-0.4, -0.2) is 11.0 Å². The molecule has 1 aromatic heterocycles. The number of hydrogen-bond donors (Lipinski definition) is 1. The highest BCUT2D eigenvalue weighted by atomic mass is 35.5. The van der Waals surface area contributed by atoms with Gasteiger partial charge in [0.1, 0.15) is 5.15 Å². The zero-order valence-electron chi connectivity index (χ0n) is 7.96. The molecule has 2 saturated heterocycles. The summed E-state index contributed by atoms with van der Waals surface area (Å²) in [5, 5.41) is 4.28. The molecule has 0 aliphatic carbocycles. The number of pyridine rings is 1. The summed E-state index contributed by atoms with van der Waals surface area (Å²) in [6, 6.07) is 4.74. The van der Waals surface area contributed by atoms with Gasteiger partial charge in [-0.3, -0.25) is 0 Å². The fraction of sp³-hybridized carbons (Fsp3) is 0.545. The van der Waals surface area contributed by atoms with Gasteiger partial charge in [-0.25, -0.2) is 4.98 Å². The van der Waals surface area contributed by atoms with Crippen LogP contribution in [0.25, 0.3) is 0 Å². The predicted molar refractivity (Wildman–Crippen MR) is 56.3 cm³/mol. The van der Waals surface area contributed by atoms with Crippen LogP contribution in [0, 0.1) is 0 Å². The fourth-order valence-electron chi connectivity index (χ4n) is 2.82. The summed E-state index contributed by atoms with van der Waals surface area (Å²) < 4.78 is 0. The minimum atomic E-state index is 0.224. The van der Waals surface area contributed by atoms with Gasteiger partial charge in [0.25, 0.3) is 0 Å². The molecule has 2 nitrogen and oxygen atoms in total. The first kappa shape index (κ1) is 8.69. The Labute approximate surface area is 88.7 Å². The van der Waals surface area contributed by atoms with Crippen LogP contribution in [0.4, 0.5) is 0 Å². The van der Waals surface area contributed by atoms with Crippen molar-refractivity contribution in [2.24, 2.45) is 0 Å². The number of halogens is 1. The standard InChI is InChI=1S/C11H13ClN2/c12-10-2-1-8(7-13-10)11-5-3-9(14-11)4-6-11/h1-2,7,9,14H,3-6H2. The van der Waals surface area contributed by atoms with E-state index in [-0.39, 0.29) is 5.54 Å². The van der Waals surface area contributed by atoms with Crippen LogP contribution in [0.15, 0.2) is 18.3 Å². The van der Waals surface area contributed by atoms with Gasteiger partial charge in [0.05, 0.1) is 0 Å². The summed E-state index contributed by atoms with van der Waals surface area (Å²) in [4.78, 5) is 4.16. The molecule has 0 radical (unpaired) electrons. The Morgan fingerprint density at radius 3 is 2.64 bits per heavy atom. The van der Waals surface area contributed by atoms with Crippen molar-refractivity contribution in [1.29, 1.82) is 0 Å².